The quantitative estimate of drug-likeness (QED) is 0.711. The number of piperidine rings is 2. The maximum absolute atomic E-state index is 13.5. The maximum Gasteiger partial charge on any atom is 0.320 e. The summed E-state index contributed by atoms with van der Waals surface area (Å²) in [4.78, 5) is 22.9. The molecule has 3 heterocycles. The standard InChI is InChI=1S/C23H44N4O/c1-20(2)13-17(14-21(3,4)24(20)9)26-11-12-27(19(26)28)18-15-22(5,6)25(10)23(7,8)16-18/h17-18H,11-16H2,1-10H3. The van der Waals surface area contributed by atoms with Gasteiger partial charge in [0.1, 0.15) is 0 Å². The highest BCUT2D eigenvalue weighted by molar-refractivity contribution is 5.77. The van der Waals surface area contributed by atoms with Crippen molar-refractivity contribution in [2.24, 2.45) is 0 Å². The van der Waals surface area contributed by atoms with E-state index in [1.165, 1.54) is 0 Å². The third-order valence-corrected chi connectivity index (χ3v) is 8.53. The van der Waals surface area contributed by atoms with Crippen LogP contribution in [0.1, 0.15) is 81.1 Å². The Morgan fingerprint density at radius 1 is 0.607 bits per heavy atom. The van der Waals surface area contributed by atoms with Crippen molar-refractivity contribution < 1.29 is 4.79 Å². The number of hydrogen-bond acceptors (Lipinski definition) is 3. The van der Waals surface area contributed by atoms with E-state index in [9.17, 15) is 4.79 Å². The fourth-order valence-electron chi connectivity index (χ4n) is 6.33. The highest BCUT2D eigenvalue weighted by Gasteiger charge is 2.50. The maximum atomic E-state index is 13.5. The fraction of sp³-hybridized carbons (Fsp3) is 0.957. The first kappa shape index (κ1) is 21.9. The summed E-state index contributed by atoms with van der Waals surface area (Å²) in [5.41, 5.74) is 0.435. The van der Waals surface area contributed by atoms with Crippen LogP contribution >= 0.6 is 0 Å². The zero-order chi connectivity index (χ0) is 21.3. The summed E-state index contributed by atoms with van der Waals surface area (Å²) in [6.07, 6.45) is 4.21. The zero-order valence-corrected chi connectivity index (χ0v) is 20.1. The molecule has 0 aromatic carbocycles. The summed E-state index contributed by atoms with van der Waals surface area (Å²) in [7, 11) is 4.47. The summed E-state index contributed by atoms with van der Waals surface area (Å²) in [5, 5.41) is 0. The average molecular weight is 393 g/mol. The van der Waals surface area contributed by atoms with Crippen LogP contribution in [0.25, 0.3) is 0 Å². The first-order valence-corrected chi connectivity index (χ1v) is 11.1. The van der Waals surface area contributed by atoms with Crippen molar-refractivity contribution in [2.75, 3.05) is 27.2 Å². The lowest BCUT2D eigenvalue weighted by molar-refractivity contribution is -0.0411. The summed E-state index contributed by atoms with van der Waals surface area (Å²) < 4.78 is 0. The molecule has 0 aromatic heterocycles. The lowest BCUT2D eigenvalue weighted by Gasteiger charge is -2.56. The Kier molecular flexibility index (Phi) is 5.16. The molecule has 5 heteroatoms. The molecule has 3 fully saturated rings. The number of likely N-dealkylation sites (tertiary alicyclic amines) is 2. The number of nitrogens with zero attached hydrogens (tertiary/aromatic N) is 4. The smallest absolute Gasteiger partial charge is 0.320 e. The molecule has 3 saturated heterocycles. The molecule has 0 atom stereocenters. The number of amides is 2. The van der Waals surface area contributed by atoms with Crippen molar-refractivity contribution in [3.63, 3.8) is 0 Å². The van der Waals surface area contributed by atoms with Crippen LogP contribution in [0.5, 0.6) is 0 Å². The molecular formula is C23H44N4O. The van der Waals surface area contributed by atoms with E-state index in [0.717, 1.165) is 38.8 Å². The van der Waals surface area contributed by atoms with Crippen LogP contribution < -0.4 is 0 Å². The van der Waals surface area contributed by atoms with Gasteiger partial charge in [-0.2, -0.15) is 0 Å². The van der Waals surface area contributed by atoms with Gasteiger partial charge in [0.2, 0.25) is 0 Å². The van der Waals surface area contributed by atoms with E-state index in [1.807, 2.05) is 0 Å². The van der Waals surface area contributed by atoms with E-state index in [0.29, 0.717) is 12.1 Å². The summed E-state index contributed by atoms with van der Waals surface area (Å²) >= 11 is 0. The Bertz CT molecular complexity index is 536. The fourth-order valence-corrected chi connectivity index (χ4v) is 6.33. The topological polar surface area (TPSA) is 30.0 Å². The van der Waals surface area contributed by atoms with Gasteiger partial charge in [-0.25, -0.2) is 4.79 Å². The molecule has 0 bridgehead atoms. The van der Waals surface area contributed by atoms with Crippen LogP contribution in [0.3, 0.4) is 0 Å². The van der Waals surface area contributed by atoms with Gasteiger partial charge in [-0.3, -0.25) is 9.80 Å². The Morgan fingerprint density at radius 2 is 0.857 bits per heavy atom. The predicted octanol–water partition coefficient (Wildman–Crippen LogP) is 4.03. The molecule has 0 aliphatic carbocycles. The van der Waals surface area contributed by atoms with Gasteiger partial charge in [0.25, 0.3) is 0 Å². The number of hydrogen-bond donors (Lipinski definition) is 0. The lowest BCUT2D eigenvalue weighted by Crippen LogP contribution is -2.64. The molecular weight excluding hydrogens is 348 g/mol. The highest BCUT2D eigenvalue weighted by Crippen LogP contribution is 2.42. The molecule has 0 N–H and O–H groups in total. The van der Waals surface area contributed by atoms with Gasteiger partial charge in [0.15, 0.2) is 0 Å². The van der Waals surface area contributed by atoms with Gasteiger partial charge in [0.05, 0.1) is 0 Å². The van der Waals surface area contributed by atoms with Crippen molar-refractivity contribution >= 4 is 6.03 Å². The summed E-state index contributed by atoms with van der Waals surface area (Å²) in [5.74, 6) is 0. The van der Waals surface area contributed by atoms with Crippen LogP contribution in [-0.2, 0) is 0 Å². The highest BCUT2D eigenvalue weighted by atomic mass is 16.2. The Labute approximate surface area is 173 Å². The number of carbonyl (C=O) groups excluding carboxylic acids is 1. The average Bonchev–Trinajstić information content (AvgIpc) is 2.90. The van der Waals surface area contributed by atoms with Crippen molar-refractivity contribution in [3.05, 3.63) is 0 Å². The minimum atomic E-state index is 0.109. The molecule has 0 radical (unpaired) electrons. The SMILES string of the molecule is CN1C(C)(C)CC(N2CCN(C3CC(C)(C)N(C)C(C)(C)C3)C2=O)CC1(C)C. The lowest BCUT2D eigenvalue weighted by atomic mass is 9.77. The van der Waals surface area contributed by atoms with Crippen LogP contribution in [0.2, 0.25) is 0 Å². The van der Waals surface area contributed by atoms with Crippen molar-refractivity contribution in [3.8, 4) is 0 Å². The van der Waals surface area contributed by atoms with Gasteiger partial charge < -0.3 is 9.80 Å². The van der Waals surface area contributed by atoms with Crippen molar-refractivity contribution in [2.45, 2.75) is 115 Å². The van der Waals surface area contributed by atoms with Crippen LogP contribution in [0.15, 0.2) is 0 Å². The molecule has 162 valence electrons. The molecule has 28 heavy (non-hydrogen) atoms. The predicted molar refractivity (Wildman–Crippen MR) is 117 cm³/mol. The van der Waals surface area contributed by atoms with Crippen LogP contribution in [0.4, 0.5) is 4.79 Å². The Morgan fingerprint density at radius 3 is 1.11 bits per heavy atom. The summed E-state index contributed by atoms with van der Waals surface area (Å²) in [6.45, 7) is 20.3. The van der Waals surface area contributed by atoms with Gasteiger partial charge in [-0.1, -0.05) is 0 Å². The normalized spacial score (nSPS) is 31.6. The molecule has 0 unspecified atom stereocenters. The zero-order valence-electron chi connectivity index (χ0n) is 20.1. The van der Waals surface area contributed by atoms with E-state index in [-0.39, 0.29) is 28.2 Å². The second-order valence-corrected chi connectivity index (χ2v) is 12.2. The third kappa shape index (κ3) is 3.58. The van der Waals surface area contributed by atoms with Crippen LogP contribution in [0, 0.1) is 0 Å². The Balaban J connectivity index is 1.77. The molecule has 3 rings (SSSR count). The minimum Gasteiger partial charge on any atom is -0.320 e. The minimum absolute atomic E-state index is 0.109. The largest absolute Gasteiger partial charge is 0.320 e. The van der Waals surface area contributed by atoms with E-state index in [2.05, 4.69) is 89.1 Å². The second-order valence-electron chi connectivity index (χ2n) is 12.2. The summed E-state index contributed by atoms with van der Waals surface area (Å²) in [6, 6.07) is 0.958. The van der Waals surface area contributed by atoms with Crippen molar-refractivity contribution in [1.29, 1.82) is 0 Å². The van der Waals surface area contributed by atoms with Gasteiger partial charge in [0, 0.05) is 47.3 Å². The molecule has 0 aromatic rings. The number of urea groups is 1. The van der Waals surface area contributed by atoms with E-state index >= 15 is 0 Å². The van der Waals surface area contributed by atoms with Crippen molar-refractivity contribution in [1.82, 2.24) is 19.6 Å². The molecule has 0 spiro atoms. The van der Waals surface area contributed by atoms with Gasteiger partial charge in [-0.15, -0.1) is 0 Å². The molecule has 3 aliphatic heterocycles. The molecule has 0 saturated carbocycles. The first-order chi connectivity index (χ1) is 12.6. The number of carbonyl (C=O) groups is 1. The number of rotatable bonds is 2. The monoisotopic (exact) mass is 392 g/mol. The molecule has 3 aliphatic rings. The molecule has 5 nitrogen and oxygen atoms in total. The second kappa shape index (κ2) is 6.60. The van der Waals surface area contributed by atoms with Crippen LogP contribution in [-0.4, -0.2) is 87.1 Å². The third-order valence-electron chi connectivity index (χ3n) is 8.53. The van der Waals surface area contributed by atoms with E-state index in [4.69, 9.17) is 0 Å². The Hall–Kier alpha value is -0.810. The molecule has 2 amide bonds. The first-order valence-electron chi connectivity index (χ1n) is 11.1. The van der Waals surface area contributed by atoms with Gasteiger partial charge in [-0.05, 0) is 95.2 Å². The van der Waals surface area contributed by atoms with E-state index < -0.39 is 0 Å². The van der Waals surface area contributed by atoms with Gasteiger partial charge >= 0.3 is 6.03 Å². The van der Waals surface area contributed by atoms with E-state index in [1.54, 1.807) is 0 Å².